The Morgan fingerprint density at radius 3 is 2.52 bits per heavy atom. The van der Waals surface area contributed by atoms with Crippen LogP contribution in [0.15, 0.2) is 42.5 Å². The zero-order valence-electron chi connectivity index (χ0n) is 15.5. The zero-order chi connectivity index (χ0) is 19.2. The van der Waals surface area contributed by atoms with Gasteiger partial charge in [-0.1, -0.05) is 23.7 Å². The van der Waals surface area contributed by atoms with Gasteiger partial charge < -0.3 is 25.0 Å². The van der Waals surface area contributed by atoms with E-state index >= 15 is 0 Å². The van der Waals surface area contributed by atoms with Crippen molar-refractivity contribution < 1.29 is 14.3 Å². The van der Waals surface area contributed by atoms with Gasteiger partial charge in [0.2, 0.25) is 0 Å². The Morgan fingerprint density at radius 1 is 1.15 bits per heavy atom. The van der Waals surface area contributed by atoms with Crippen LogP contribution in [0.5, 0.6) is 11.5 Å². The van der Waals surface area contributed by atoms with Crippen LogP contribution in [0, 0.1) is 0 Å². The number of hydrogen-bond acceptors (Lipinski definition) is 4. The van der Waals surface area contributed by atoms with Crippen LogP contribution in [0.25, 0.3) is 0 Å². The molecule has 2 aromatic rings. The van der Waals surface area contributed by atoms with Gasteiger partial charge in [-0.15, -0.1) is 0 Å². The molecule has 144 valence electrons. The van der Waals surface area contributed by atoms with Crippen LogP contribution >= 0.6 is 11.6 Å². The maximum Gasteiger partial charge on any atom is 0.321 e. The smallest absolute Gasteiger partial charge is 0.321 e. The number of urea groups is 1. The Bertz CT molecular complexity index is 778. The van der Waals surface area contributed by atoms with Crippen molar-refractivity contribution in [2.24, 2.45) is 0 Å². The molecule has 1 aliphatic heterocycles. The fourth-order valence-corrected chi connectivity index (χ4v) is 3.35. The molecule has 0 bridgehead atoms. The number of ether oxygens (including phenoxy) is 2. The third-order valence-corrected chi connectivity index (χ3v) is 4.88. The third kappa shape index (κ3) is 4.98. The first-order valence-electron chi connectivity index (χ1n) is 8.89. The summed E-state index contributed by atoms with van der Waals surface area (Å²) in [6, 6.07) is 12.9. The average molecular weight is 390 g/mol. The lowest BCUT2D eigenvalue weighted by atomic mass is 10.1. The summed E-state index contributed by atoms with van der Waals surface area (Å²) in [5.74, 6) is 1.45. The summed E-state index contributed by atoms with van der Waals surface area (Å²) in [5.41, 5.74) is 1.53. The number of halogens is 1. The minimum Gasteiger partial charge on any atom is -0.497 e. The fourth-order valence-electron chi connectivity index (χ4n) is 3.16. The maximum absolute atomic E-state index is 12.6. The third-order valence-electron chi connectivity index (χ3n) is 4.55. The number of nitrogens with zero attached hydrogens (tertiary/aromatic N) is 1. The second-order valence-electron chi connectivity index (χ2n) is 6.44. The van der Waals surface area contributed by atoms with Gasteiger partial charge in [0.25, 0.3) is 0 Å². The number of hydrogen-bond donors (Lipinski definition) is 2. The number of likely N-dealkylation sites (tertiary alicyclic amines) is 1. The minimum atomic E-state index is -0.141. The van der Waals surface area contributed by atoms with Crippen LogP contribution in [0.1, 0.15) is 12.8 Å². The molecule has 0 radical (unpaired) electrons. The topological polar surface area (TPSA) is 62.8 Å². The lowest BCUT2D eigenvalue weighted by molar-refractivity contribution is 0.196. The molecule has 0 saturated carbocycles. The summed E-state index contributed by atoms with van der Waals surface area (Å²) in [4.78, 5) is 14.4. The lowest BCUT2D eigenvalue weighted by Gasteiger charge is -2.33. The number of methoxy groups -OCH3 is 2. The Balaban J connectivity index is 1.64. The summed E-state index contributed by atoms with van der Waals surface area (Å²) in [6.45, 7) is 1.33. The molecule has 1 heterocycles. The van der Waals surface area contributed by atoms with E-state index in [0.29, 0.717) is 17.3 Å². The number of carbonyl (C=O) groups excluding carboxylic acids is 1. The summed E-state index contributed by atoms with van der Waals surface area (Å²) in [5, 5.41) is 6.90. The van der Waals surface area contributed by atoms with Crippen LogP contribution in [-0.4, -0.2) is 44.3 Å². The summed E-state index contributed by atoms with van der Waals surface area (Å²) in [7, 11) is 3.25. The van der Waals surface area contributed by atoms with Crippen molar-refractivity contribution in [2.75, 3.05) is 37.9 Å². The summed E-state index contributed by atoms with van der Waals surface area (Å²) < 4.78 is 10.6. The zero-order valence-corrected chi connectivity index (χ0v) is 16.3. The van der Waals surface area contributed by atoms with Gasteiger partial charge in [0.15, 0.2) is 0 Å². The van der Waals surface area contributed by atoms with Crippen molar-refractivity contribution in [2.45, 2.75) is 18.9 Å². The van der Waals surface area contributed by atoms with E-state index in [1.165, 1.54) is 0 Å². The lowest BCUT2D eigenvalue weighted by Crippen LogP contribution is -2.46. The van der Waals surface area contributed by atoms with Gasteiger partial charge in [0.1, 0.15) is 11.5 Å². The molecular formula is C20H24ClN3O3. The first kappa shape index (κ1) is 19.2. The number of carbonyl (C=O) groups is 1. The normalized spacial score (nSPS) is 16.6. The molecule has 3 rings (SSSR count). The molecule has 1 fully saturated rings. The highest BCUT2D eigenvalue weighted by Crippen LogP contribution is 2.27. The van der Waals surface area contributed by atoms with Crippen LogP contribution < -0.4 is 20.1 Å². The summed E-state index contributed by atoms with van der Waals surface area (Å²) in [6.07, 6.45) is 1.91. The van der Waals surface area contributed by atoms with Crippen LogP contribution in [0.3, 0.4) is 0 Å². The molecule has 1 saturated heterocycles. The van der Waals surface area contributed by atoms with E-state index in [2.05, 4.69) is 10.6 Å². The van der Waals surface area contributed by atoms with Crippen molar-refractivity contribution >= 4 is 29.0 Å². The van der Waals surface area contributed by atoms with Crippen molar-refractivity contribution in [1.29, 1.82) is 0 Å². The molecule has 1 aliphatic rings. The van der Waals surface area contributed by atoms with Gasteiger partial charge in [0.05, 0.1) is 24.9 Å². The number of piperidine rings is 1. The van der Waals surface area contributed by atoms with E-state index in [1.54, 1.807) is 26.4 Å². The highest BCUT2D eigenvalue weighted by Gasteiger charge is 2.24. The molecule has 2 aromatic carbocycles. The van der Waals surface area contributed by atoms with E-state index in [9.17, 15) is 4.79 Å². The van der Waals surface area contributed by atoms with Crippen molar-refractivity contribution in [1.82, 2.24) is 4.90 Å². The van der Waals surface area contributed by atoms with Gasteiger partial charge in [-0.25, -0.2) is 4.79 Å². The van der Waals surface area contributed by atoms with E-state index in [4.69, 9.17) is 21.1 Å². The molecule has 2 N–H and O–H groups in total. The summed E-state index contributed by atoms with van der Waals surface area (Å²) >= 11 is 6.13. The van der Waals surface area contributed by atoms with Crippen molar-refractivity contribution in [3.8, 4) is 11.5 Å². The van der Waals surface area contributed by atoms with Gasteiger partial charge in [-0.05, 0) is 25.0 Å². The fraction of sp³-hybridized carbons (Fsp3) is 0.350. The number of nitrogens with one attached hydrogen (secondary N) is 2. The molecule has 27 heavy (non-hydrogen) atoms. The Morgan fingerprint density at radius 2 is 1.85 bits per heavy atom. The molecule has 6 nitrogen and oxygen atoms in total. The van der Waals surface area contributed by atoms with Gasteiger partial charge in [0, 0.05) is 43.0 Å². The number of rotatable bonds is 5. The predicted octanol–water partition coefficient (Wildman–Crippen LogP) is 4.47. The number of anilines is 2. The average Bonchev–Trinajstić information content (AvgIpc) is 2.69. The molecule has 0 aromatic heterocycles. The first-order valence-corrected chi connectivity index (χ1v) is 9.27. The second-order valence-corrected chi connectivity index (χ2v) is 6.85. The standard InChI is InChI=1S/C20H24ClN3O3/c1-26-16-10-15(11-17(12-16)27-2)22-14-6-5-9-24(13-14)20(25)23-19-8-4-3-7-18(19)21/h3-4,7-8,10-12,14,22H,5-6,9,13H2,1-2H3,(H,23,25)/t14-/m0/s1. The van der Waals surface area contributed by atoms with E-state index in [0.717, 1.165) is 36.6 Å². The van der Waals surface area contributed by atoms with Crippen LogP contribution in [0.4, 0.5) is 16.2 Å². The number of para-hydroxylation sites is 1. The Kier molecular flexibility index (Phi) is 6.29. The first-order chi connectivity index (χ1) is 13.1. The molecule has 1 atom stereocenters. The monoisotopic (exact) mass is 389 g/mol. The minimum absolute atomic E-state index is 0.141. The van der Waals surface area contributed by atoms with Gasteiger partial charge in [-0.2, -0.15) is 0 Å². The van der Waals surface area contributed by atoms with E-state index in [-0.39, 0.29) is 12.1 Å². The number of benzene rings is 2. The largest absolute Gasteiger partial charge is 0.497 e. The SMILES string of the molecule is COc1cc(N[C@H]2CCCN(C(=O)Nc3ccccc3Cl)C2)cc(OC)c1. The van der Waals surface area contributed by atoms with Crippen LogP contribution in [0.2, 0.25) is 5.02 Å². The molecule has 0 unspecified atom stereocenters. The van der Waals surface area contributed by atoms with Crippen LogP contribution in [-0.2, 0) is 0 Å². The van der Waals surface area contributed by atoms with Gasteiger partial charge in [-0.3, -0.25) is 0 Å². The van der Waals surface area contributed by atoms with E-state index in [1.807, 2.05) is 35.2 Å². The maximum atomic E-state index is 12.6. The molecule has 0 aliphatic carbocycles. The quantitative estimate of drug-likeness (QED) is 0.792. The molecular weight excluding hydrogens is 366 g/mol. The second kappa shape index (κ2) is 8.86. The number of amides is 2. The van der Waals surface area contributed by atoms with Crippen molar-refractivity contribution in [3.63, 3.8) is 0 Å². The highest BCUT2D eigenvalue weighted by molar-refractivity contribution is 6.33. The van der Waals surface area contributed by atoms with Gasteiger partial charge >= 0.3 is 6.03 Å². The molecule has 2 amide bonds. The van der Waals surface area contributed by atoms with Crippen molar-refractivity contribution in [3.05, 3.63) is 47.5 Å². The van der Waals surface area contributed by atoms with E-state index < -0.39 is 0 Å². The molecule has 0 spiro atoms. The highest BCUT2D eigenvalue weighted by atomic mass is 35.5. The molecule has 7 heteroatoms. The predicted molar refractivity (Wildman–Crippen MR) is 108 cm³/mol. The Labute approximate surface area is 164 Å². The Hall–Kier alpha value is -2.60.